The summed E-state index contributed by atoms with van der Waals surface area (Å²) in [5, 5.41) is 3.68. The molecule has 0 spiro atoms. The molecule has 2 aromatic carbocycles. The molecule has 0 saturated heterocycles. The maximum Gasteiger partial charge on any atom is 0.265 e. The lowest BCUT2D eigenvalue weighted by atomic mass is 10.0. The van der Waals surface area contributed by atoms with E-state index in [0.717, 1.165) is 16.8 Å². The highest BCUT2D eigenvalue weighted by Crippen LogP contribution is 2.25. The van der Waals surface area contributed by atoms with Gasteiger partial charge in [0.1, 0.15) is 5.75 Å². The van der Waals surface area contributed by atoms with Crippen LogP contribution in [0, 0.1) is 6.92 Å². The lowest BCUT2D eigenvalue weighted by Gasteiger charge is -2.20. The quantitative estimate of drug-likeness (QED) is 0.743. The van der Waals surface area contributed by atoms with Gasteiger partial charge in [0.25, 0.3) is 5.91 Å². The third-order valence-electron chi connectivity index (χ3n) is 3.91. The fourth-order valence-electron chi connectivity index (χ4n) is 2.50. The Morgan fingerprint density at radius 2 is 1.92 bits per heavy atom. The molecule has 0 saturated carbocycles. The topological polar surface area (TPSA) is 38.3 Å². The molecule has 1 unspecified atom stereocenters. The van der Waals surface area contributed by atoms with Gasteiger partial charge in [-0.1, -0.05) is 50.6 Å². The van der Waals surface area contributed by atoms with Crippen molar-refractivity contribution in [2.45, 2.75) is 46.1 Å². The van der Waals surface area contributed by atoms with Crippen LogP contribution < -0.4 is 10.1 Å². The van der Waals surface area contributed by atoms with E-state index in [2.05, 4.69) is 19.2 Å². The van der Waals surface area contributed by atoms with Crippen LogP contribution in [-0.2, 0) is 4.79 Å². The number of hydrogen-bond donors (Lipinski definition) is 1. The molecule has 24 heavy (non-hydrogen) atoms. The zero-order valence-electron chi connectivity index (χ0n) is 14.6. The van der Waals surface area contributed by atoms with Crippen LogP contribution in [-0.4, -0.2) is 12.0 Å². The second kappa shape index (κ2) is 8.20. The fourth-order valence-corrected chi connectivity index (χ4v) is 2.62. The van der Waals surface area contributed by atoms with Crippen LogP contribution in [0.15, 0.2) is 42.5 Å². The van der Waals surface area contributed by atoms with Gasteiger partial charge >= 0.3 is 0 Å². The van der Waals surface area contributed by atoms with E-state index in [1.807, 2.05) is 44.2 Å². The number of rotatable bonds is 6. The standard InChI is InChI=1S/C20H24ClNO2/c1-5-19(24-15-10-11-17(21)14(4)12-15)20(23)22-18-9-7-6-8-16(18)13(2)3/h6-13,19H,5H2,1-4H3,(H,22,23). The number of benzene rings is 2. The van der Waals surface area contributed by atoms with Crippen molar-refractivity contribution in [3.05, 3.63) is 58.6 Å². The Labute approximate surface area is 149 Å². The highest BCUT2D eigenvalue weighted by molar-refractivity contribution is 6.31. The summed E-state index contributed by atoms with van der Waals surface area (Å²) in [6.07, 6.45) is 0.0305. The lowest BCUT2D eigenvalue weighted by Crippen LogP contribution is -2.32. The van der Waals surface area contributed by atoms with Gasteiger partial charge in [-0.15, -0.1) is 0 Å². The first kappa shape index (κ1) is 18.3. The number of carbonyl (C=O) groups is 1. The minimum absolute atomic E-state index is 0.141. The Balaban J connectivity index is 2.13. The van der Waals surface area contributed by atoms with Crippen LogP contribution in [0.25, 0.3) is 0 Å². The molecule has 0 heterocycles. The number of carbonyl (C=O) groups excluding carboxylic acids is 1. The van der Waals surface area contributed by atoms with Crippen LogP contribution in [0.3, 0.4) is 0 Å². The van der Waals surface area contributed by atoms with Crippen molar-refractivity contribution in [3.8, 4) is 5.75 Å². The third-order valence-corrected chi connectivity index (χ3v) is 4.34. The Morgan fingerprint density at radius 3 is 2.54 bits per heavy atom. The molecule has 2 rings (SSSR count). The van der Waals surface area contributed by atoms with Crippen LogP contribution in [0.5, 0.6) is 5.75 Å². The molecule has 0 aromatic heterocycles. The predicted octanol–water partition coefficient (Wildman–Crippen LogP) is 5.57. The molecule has 0 aliphatic carbocycles. The summed E-state index contributed by atoms with van der Waals surface area (Å²) in [7, 11) is 0. The van der Waals surface area contributed by atoms with Gasteiger partial charge in [-0.3, -0.25) is 4.79 Å². The summed E-state index contributed by atoms with van der Waals surface area (Å²) >= 11 is 6.03. The van der Waals surface area contributed by atoms with E-state index in [0.29, 0.717) is 23.1 Å². The summed E-state index contributed by atoms with van der Waals surface area (Å²) in [5.74, 6) is 0.843. The molecule has 0 radical (unpaired) electrons. The summed E-state index contributed by atoms with van der Waals surface area (Å²) < 4.78 is 5.86. The first-order valence-corrected chi connectivity index (χ1v) is 8.62. The second-order valence-electron chi connectivity index (χ2n) is 6.16. The SMILES string of the molecule is CCC(Oc1ccc(Cl)c(C)c1)C(=O)Nc1ccccc1C(C)C. The van der Waals surface area contributed by atoms with Crippen molar-refractivity contribution >= 4 is 23.2 Å². The molecule has 1 atom stereocenters. The van der Waals surface area contributed by atoms with E-state index >= 15 is 0 Å². The van der Waals surface area contributed by atoms with Crippen LogP contribution >= 0.6 is 11.6 Å². The zero-order chi connectivity index (χ0) is 17.7. The Hall–Kier alpha value is -2.00. The predicted molar refractivity (Wildman–Crippen MR) is 100 cm³/mol. The fraction of sp³-hybridized carbons (Fsp3) is 0.350. The van der Waals surface area contributed by atoms with E-state index in [1.165, 1.54) is 0 Å². The summed E-state index contributed by atoms with van der Waals surface area (Å²) in [6, 6.07) is 13.3. The average Bonchev–Trinajstić information content (AvgIpc) is 2.56. The second-order valence-corrected chi connectivity index (χ2v) is 6.56. The molecule has 0 aliphatic heterocycles. The first-order valence-electron chi connectivity index (χ1n) is 8.25. The maximum atomic E-state index is 12.6. The van der Waals surface area contributed by atoms with Crippen molar-refractivity contribution in [1.29, 1.82) is 0 Å². The van der Waals surface area contributed by atoms with Gasteiger partial charge in [0.2, 0.25) is 0 Å². The molecule has 2 aromatic rings. The number of halogens is 1. The normalized spacial score (nSPS) is 12.1. The smallest absolute Gasteiger partial charge is 0.265 e. The molecule has 128 valence electrons. The molecule has 0 fully saturated rings. The van der Waals surface area contributed by atoms with Gasteiger partial charge < -0.3 is 10.1 Å². The lowest BCUT2D eigenvalue weighted by molar-refractivity contribution is -0.122. The number of para-hydroxylation sites is 1. The molecule has 1 N–H and O–H groups in total. The Bertz CT molecular complexity index is 713. The van der Waals surface area contributed by atoms with E-state index in [4.69, 9.17) is 16.3 Å². The van der Waals surface area contributed by atoms with Crippen molar-refractivity contribution < 1.29 is 9.53 Å². The number of hydrogen-bond acceptors (Lipinski definition) is 2. The van der Waals surface area contributed by atoms with Crippen LogP contribution in [0.1, 0.15) is 44.2 Å². The van der Waals surface area contributed by atoms with Gasteiger partial charge in [-0.05, 0) is 54.7 Å². The zero-order valence-corrected chi connectivity index (χ0v) is 15.4. The van der Waals surface area contributed by atoms with E-state index in [-0.39, 0.29) is 5.91 Å². The monoisotopic (exact) mass is 345 g/mol. The van der Waals surface area contributed by atoms with Crippen molar-refractivity contribution in [2.24, 2.45) is 0 Å². The average molecular weight is 346 g/mol. The van der Waals surface area contributed by atoms with Crippen LogP contribution in [0.2, 0.25) is 5.02 Å². The number of nitrogens with one attached hydrogen (secondary N) is 1. The van der Waals surface area contributed by atoms with E-state index in [9.17, 15) is 4.79 Å². The number of ether oxygens (including phenoxy) is 1. The molecule has 4 heteroatoms. The maximum absolute atomic E-state index is 12.6. The largest absolute Gasteiger partial charge is 0.481 e. The summed E-state index contributed by atoms with van der Waals surface area (Å²) in [4.78, 5) is 12.6. The third kappa shape index (κ3) is 4.51. The molecule has 0 bridgehead atoms. The molecular weight excluding hydrogens is 322 g/mol. The molecular formula is C20H24ClNO2. The van der Waals surface area contributed by atoms with Gasteiger partial charge in [0.05, 0.1) is 0 Å². The summed E-state index contributed by atoms with van der Waals surface area (Å²) in [5.41, 5.74) is 2.88. The minimum Gasteiger partial charge on any atom is -0.481 e. The summed E-state index contributed by atoms with van der Waals surface area (Å²) in [6.45, 7) is 8.06. The van der Waals surface area contributed by atoms with Crippen molar-refractivity contribution in [1.82, 2.24) is 0 Å². The van der Waals surface area contributed by atoms with Gasteiger partial charge in [0.15, 0.2) is 6.10 Å². The first-order chi connectivity index (χ1) is 11.4. The van der Waals surface area contributed by atoms with E-state index < -0.39 is 6.10 Å². The van der Waals surface area contributed by atoms with Gasteiger partial charge in [0, 0.05) is 10.7 Å². The van der Waals surface area contributed by atoms with E-state index in [1.54, 1.807) is 12.1 Å². The van der Waals surface area contributed by atoms with Crippen molar-refractivity contribution in [3.63, 3.8) is 0 Å². The van der Waals surface area contributed by atoms with Crippen LogP contribution in [0.4, 0.5) is 5.69 Å². The highest BCUT2D eigenvalue weighted by atomic mass is 35.5. The molecule has 1 amide bonds. The molecule has 3 nitrogen and oxygen atoms in total. The van der Waals surface area contributed by atoms with Crippen molar-refractivity contribution in [2.75, 3.05) is 5.32 Å². The Morgan fingerprint density at radius 1 is 1.21 bits per heavy atom. The number of anilines is 1. The number of aryl methyl sites for hydroxylation is 1. The number of amides is 1. The highest BCUT2D eigenvalue weighted by Gasteiger charge is 2.20. The Kier molecular flexibility index (Phi) is 6.27. The van der Waals surface area contributed by atoms with Gasteiger partial charge in [-0.25, -0.2) is 0 Å². The molecule has 0 aliphatic rings. The van der Waals surface area contributed by atoms with Gasteiger partial charge in [-0.2, -0.15) is 0 Å². The minimum atomic E-state index is -0.550.